The second-order valence-electron chi connectivity index (χ2n) is 5.33. The molecule has 0 radical (unpaired) electrons. The molecular formula is C17H18ClN3O. The number of rotatable bonds is 3. The third-order valence-corrected chi connectivity index (χ3v) is 3.91. The summed E-state index contributed by atoms with van der Waals surface area (Å²) in [7, 11) is 0. The maximum atomic E-state index is 12.0. The Labute approximate surface area is 135 Å². The van der Waals surface area contributed by atoms with Gasteiger partial charge in [0.05, 0.1) is 0 Å². The van der Waals surface area contributed by atoms with Gasteiger partial charge in [0.1, 0.15) is 0 Å². The number of urea groups is 1. The Morgan fingerprint density at radius 2 is 1.64 bits per heavy atom. The van der Waals surface area contributed by atoms with Gasteiger partial charge in [0.25, 0.3) is 0 Å². The highest BCUT2D eigenvalue weighted by Gasteiger charge is 2.12. The first-order valence-electron chi connectivity index (χ1n) is 7.39. The first-order valence-corrected chi connectivity index (χ1v) is 7.77. The smallest absolute Gasteiger partial charge is 0.323 e. The fourth-order valence-electron chi connectivity index (χ4n) is 2.59. The van der Waals surface area contributed by atoms with Crippen LogP contribution < -0.4 is 15.5 Å². The highest BCUT2D eigenvalue weighted by molar-refractivity contribution is 6.30. The summed E-state index contributed by atoms with van der Waals surface area (Å²) in [4.78, 5) is 14.3. The molecule has 2 amide bonds. The van der Waals surface area contributed by atoms with Crippen molar-refractivity contribution in [2.24, 2.45) is 0 Å². The number of nitrogens with one attached hydrogen (secondary N) is 2. The molecule has 0 aromatic heterocycles. The lowest BCUT2D eigenvalue weighted by Gasteiger charge is -2.17. The van der Waals surface area contributed by atoms with Gasteiger partial charge in [-0.25, -0.2) is 4.79 Å². The second kappa shape index (κ2) is 6.71. The van der Waals surface area contributed by atoms with E-state index in [9.17, 15) is 4.79 Å². The Balaban J connectivity index is 1.59. The SMILES string of the molecule is O=C(Nc1ccc(N2CCCC2)cc1)Nc1cccc(Cl)c1. The van der Waals surface area contributed by atoms with Crippen molar-refractivity contribution in [3.63, 3.8) is 0 Å². The Hall–Kier alpha value is -2.20. The van der Waals surface area contributed by atoms with E-state index in [1.54, 1.807) is 24.3 Å². The largest absolute Gasteiger partial charge is 0.372 e. The third-order valence-electron chi connectivity index (χ3n) is 3.68. The second-order valence-corrected chi connectivity index (χ2v) is 5.77. The van der Waals surface area contributed by atoms with Crippen LogP contribution in [-0.4, -0.2) is 19.1 Å². The van der Waals surface area contributed by atoms with Gasteiger partial charge < -0.3 is 15.5 Å². The lowest BCUT2D eigenvalue weighted by molar-refractivity contribution is 0.262. The molecule has 0 atom stereocenters. The fraction of sp³-hybridized carbons (Fsp3) is 0.235. The van der Waals surface area contributed by atoms with Crippen LogP contribution in [0.2, 0.25) is 5.02 Å². The third kappa shape index (κ3) is 3.71. The minimum absolute atomic E-state index is 0.281. The number of benzene rings is 2. The lowest BCUT2D eigenvalue weighted by atomic mass is 10.2. The molecule has 0 spiro atoms. The number of carbonyl (C=O) groups is 1. The molecule has 0 aliphatic carbocycles. The number of amides is 2. The van der Waals surface area contributed by atoms with Gasteiger partial charge in [-0.3, -0.25) is 0 Å². The summed E-state index contributed by atoms with van der Waals surface area (Å²) in [6.07, 6.45) is 2.50. The van der Waals surface area contributed by atoms with E-state index < -0.39 is 0 Å². The molecule has 2 N–H and O–H groups in total. The molecule has 2 aromatic carbocycles. The van der Waals surface area contributed by atoms with Gasteiger partial charge in [-0.15, -0.1) is 0 Å². The van der Waals surface area contributed by atoms with Crippen LogP contribution in [0.5, 0.6) is 0 Å². The number of anilines is 3. The van der Waals surface area contributed by atoms with Crippen molar-refractivity contribution in [1.82, 2.24) is 0 Å². The quantitative estimate of drug-likeness (QED) is 0.870. The zero-order valence-corrected chi connectivity index (χ0v) is 12.9. The molecule has 1 fully saturated rings. The molecule has 1 aliphatic rings. The molecule has 114 valence electrons. The van der Waals surface area contributed by atoms with E-state index >= 15 is 0 Å². The van der Waals surface area contributed by atoms with Crippen LogP contribution in [0, 0.1) is 0 Å². The van der Waals surface area contributed by atoms with Gasteiger partial charge in [-0.2, -0.15) is 0 Å². The molecule has 0 bridgehead atoms. The van der Waals surface area contributed by atoms with Crippen LogP contribution in [0.25, 0.3) is 0 Å². The van der Waals surface area contributed by atoms with Crippen molar-refractivity contribution in [1.29, 1.82) is 0 Å². The standard InChI is InChI=1S/C17H18ClN3O/c18-13-4-3-5-15(12-13)20-17(22)19-14-6-8-16(9-7-14)21-10-1-2-11-21/h3-9,12H,1-2,10-11H2,(H2,19,20,22). The highest BCUT2D eigenvalue weighted by Crippen LogP contribution is 2.22. The molecule has 1 aliphatic heterocycles. The molecular weight excluding hydrogens is 298 g/mol. The normalized spacial score (nSPS) is 14.0. The minimum Gasteiger partial charge on any atom is -0.372 e. The number of hydrogen-bond donors (Lipinski definition) is 2. The molecule has 4 nitrogen and oxygen atoms in total. The van der Waals surface area contributed by atoms with E-state index in [-0.39, 0.29) is 6.03 Å². The van der Waals surface area contributed by atoms with Crippen LogP contribution in [-0.2, 0) is 0 Å². The van der Waals surface area contributed by atoms with Gasteiger partial charge in [-0.1, -0.05) is 17.7 Å². The monoisotopic (exact) mass is 315 g/mol. The number of carbonyl (C=O) groups excluding carboxylic acids is 1. The van der Waals surface area contributed by atoms with Crippen LogP contribution in [0.4, 0.5) is 21.9 Å². The minimum atomic E-state index is -0.281. The zero-order chi connectivity index (χ0) is 15.4. The van der Waals surface area contributed by atoms with E-state index in [0.29, 0.717) is 10.7 Å². The molecule has 0 unspecified atom stereocenters. The number of halogens is 1. The van der Waals surface area contributed by atoms with E-state index in [1.807, 2.05) is 24.3 Å². The fourth-order valence-corrected chi connectivity index (χ4v) is 2.78. The van der Waals surface area contributed by atoms with Crippen LogP contribution >= 0.6 is 11.6 Å². The maximum absolute atomic E-state index is 12.0. The van der Waals surface area contributed by atoms with Gasteiger partial charge in [0.15, 0.2) is 0 Å². The predicted octanol–water partition coefficient (Wildman–Crippen LogP) is 4.58. The van der Waals surface area contributed by atoms with Gasteiger partial charge in [0.2, 0.25) is 0 Å². The van der Waals surface area contributed by atoms with Gasteiger partial charge in [-0.05, 0) is 55.3 Å². The molecule has 1 saturated heterocycles. The summed E-state index contributed by atoms with van der Waals surface area (Å²) < 4.78 is 0. The average molecular weight is 316 g/mol. The Bertz CT molecular complexity index is 651. The Morgan fingerprint density at radius 1 is 0.955 bits per heavy atom. The van der Waals surface area contributed by atoms with Crippen molar-refractivity contribution in [2.45, 2.75) is 12.8 Å². The van der Waals surface area contributed by atoms with E-state index in [2.05, 4.69) is 15.5 Å². The van der Waals surface area contributed by atoms with Crippen molar-refractivity contribution in [2.75, 3.05) is 28.6 Å². The summed E-state index contributed by atoms with van der Waals surface area (Å²) >= 11 is 5.89. The topological polar surface area (TPSA) is 44.4 Å². The van der Waals surface area contributed by atoms with E-state index in [1.165, 1.54) is 18.5 Å². The predicted molar refractivity (Wildman–Crippen MR) is 92.0 cm³/mol. The lowest BCUT2D eigenvalue weighted by Crippen LogP contribution is -2.20. The van der Waals surface area contributed by atoms with Crippen molar-refractivity contribution in [3.8, 4) is 0 Å². The Kier molecular flexibility index (Phi) is 4.49. The molecule has 2 aromatic rings. The summed E-state index contributed by atoms with van der Waals surface area (Å²) in [6.45, 7) is 2.23. The highest BCUT2D eigenvalue weighted by atomic mass is 35.5. The van der Waals surface area contributed by atoms with Gasteiger partial charge in [0, 0.05) is 35.2 Å². The summed E-state index contributed by atoms with van der Waals surface area (Å²) in [5.74, 6) is 0. The Morgan fingerprint density at radius 3 is 2.32 bits per heavy atom. The first-order chi connectivity index (χ1) is 10.7. The number of hydrogen-bond acceptors (Lipinski definition) is 2. The molecule has 0 saturated carbocycles. The van der Waals surface area contributed by atoms with Crippen molar-refractivity contribution >= 4 is 34.7 Å². The van der Waals surface area contributed by atoms with E-state index in [4.69, 9.17) is 11.6 Å². The van der Waals surface area contributed by atoms with E-state index in [0.717, 1.165) is 18.8 Å². The van der Waals surface area contributed by atoms with Crippen molar-refractivity contribution in [3.05, 3.63) is 53.6 Å². The summed E-state index contributed by atoms with van der Waals surface area (Å²) in [5.41, 5.74) is 2.64. The number of nitrogens with zero attached hydrogens (tertiary/aromatic N) is 1. The van der Waals surface area contributed by atoms with Crippen LogP contribution in [0.15, 0.2) is 48.5 Å². The average Bonchev–Trinajstić information content (AvgIpc) is 3.02. The molecule has 5 heteroatoms. The first kappa shape index (κ1) is 14.7. The van der Waals surface area contributed by atoms with Crippen LogP contribution in [0.1, 0.15) is 12.8 Å². The summed E-state index contributed by atoms with van der Waals surface area (Å²) in [6, 6.07) is 14.7. The molecule has 22 heavy (non-hydrogen) atoms. The van der Waals surface area contributed by atoms with Crippen LogP contribution in [0.3, 0.4) is 0 Å². The maximum Gasteiger partial charge on any atom is 0.323 e. The molecule has 1 heterocycles. The van der Waals surface area contributed by atoms with Crippen molar-refractivity contribution < 1.29 is 4.79 Å². The zero-order valence-electron chi connectivity index (χ0n) is 12.2. The molecule has 3 rings (SSSR count). The summed E-state index contributed by atoms with van der Waals surface area (Å²) in [5, 5.41) is 6.16. The van der Waals surface area contributed by atoms with Gasteiger partial charge >= 0.3 is 6.03 Å².